The lowest BCUT2D eigenvalue weighted by Crippen LogP contribution is -2.34. The van der Waals surface area contributed by atoms with Gasteiger partial charge in [-0.2, -0.15) is 15.0 Å². The lowest BCUT2D eigenvalue weighted by Gasteiger charge is -2.24. The maximum atomic E-state index is 5.93. The number of likely N-dealkylation sites (N-methyl/N-ethyl adjacent to an activating group) is 1. The van der Waals surface area contributed by atoms with E-state index in [0.29, 0.717) is 18.5 Å². The second-order valence-corrected chi connectivity index (χ2v) is 6.13. The molecule has 0 radical (unpaired) electrons. The van der Waals surface area contributed by atoms with Gasteiger partial charge in [-0.3, -0.25) is 0 Å². The van der Waals surface area contributed by atoms with Gasteiger partial charge < -0.3 is 15.0 Å². The molecule has 0 aliphatic heterocycles. The van der Waals surface area contributed by atoms with Gasteiger partial charge >= 0.3 is 6.01 Å². The number of nitrogens with zero attached hydrogens (tertiary/aromatic N) is 4. The van der Waals surface area contributed by atoms with Gasteiger partial charge in [0.15, 0.2) is 0 Å². The Morgan fingerprint density at radius 1 is 1.24 bits per heavy atom. The fraction of sp³-hybridized carbons (Fsp3) is 0.786. The zero-order valence-corrected chi connectivity index (χ0v) is 14.3. The van der Waals surface area contributed by atoms with E-state index < -0.39 is 0 Å². The van der Waals surface area contributed by atoms with Crippen molar-refractivity contribution in [2.75, 3.05) is 32.6 Å². The van der Waals surface area contributed by atoms with E-state index >= 15 is 0 Å². The number of hydrogen-bond acceptors (Lipinski definition) is 6. The molecule has 1 unspecified atom stereocenters. The maximum Gasteiger partial charge on any atom is 0.322 e. The Bertz CT molecular complexity index is 418. The van der Waals surface area contributed by atoms with Crippen molar-refractivity contribution in [1.29, 1.82) is 0 Å². The summed E-state index contributed by atoms with van der Waals surface area (Å²) in [6.45, 7) is 7.87. The van der Waals surface area contributed by atoms with Gasteiger partial charge in [0.05, 0.1) is 6.61 Å². The van der Waals surface area contributed by atoms with Crippen LogP contribution >= 0.6 is 11.6 Å². The minimum Gasteiger partial charge on any atom is -0.463 e. The highest BCUT2D eigenvalue weighted by molar-refractivity contribution is 6.28. The molecule has 21 heavy (non-hydrogen) atoms. The monoisotopic (exact) mass is 315 g/mol. The number of hydrogen-bond donors (Lipinski definition) is 1. The quantitative estimate of drug-likeness (QED) is 0.756. The third kappa shape index (κ3) is 7.43. The number of aromatic nitrogens is 3. The fourth-order valence-corrected chi connectivity index (χ4v) is 2.18. The molecule has 0 saturated carbocycles. The molecule has 1 aromatic rings. The van der Waals surface area contributed by atoms with Crippen molar-refractivity contribution in [2.24, 2.45) is 5.92 Å². The van der Waals surface area contributed by atoms with Crippen LogP contribution in [0.3, 0.4) is 0 Å². The molecule has 120 valence electrons. The van der Waals surface area contributed by atoms with Crippen LogP contribution in [0.1, 0.15) is 33.6 Å². The summed E-state index contributed by atoms with van der Waals surface area (Å²) in [5, 5.41) is 3.48. The van der Waals surface area contributed by atoms with Crippen LogP contribution in [0.5, 0.6) is 6.01 Å². The zero-order valence-electron chi connectivity index (χ0n) is 13.6. The van der Waals surface area contributed by atoms with Crippen LogP contribution in [-0.2, 0) is 0 Å². The van der Waals surface area contributed by atoms with Gasteiger partial charge in [0, 0.05) is 12.6 Å². The van der Waals surface area contributed by atoms with Crippen LogP contribution in [-0.4, -0.2) is 53.1 Å². The normalized spacial score (nSPS) is 12.8. The van der Waals surface area contributed by atoms with Crippen molar-refractivity contribution in [2.45, 2.75) is 39.7 Å². The summed E-state index contributed by atoms with van der Waals surface area (Å²) in [4.78, 5) is 14.5. The number of ether oxygens (including phenoxy) is 1. The van der Waals surface area contributed by atoms with E-state index in [1.807, 2.05) is 21.0 Å². The molecule has 0 bridgehead atoms. The SMILES string of the molecule is CCCOc1nc(Cl)nc(NC(CC(C)C)CN(C)C)n1. The van der Waals surface area contributed by atoms with E-state index in [2.05, 4.69) is 39.0 Å². The first-order valence-electron chi connectivity index (χ1n) is 7.36. The molecule has 0 aromatic carbocycles. The predicted octanol–water partition coefficient (Wildman–Crippen LogP) is 2.70. The number of rotatable bonds is 9. The van der Waals surface area contributed by atoms with Gasteiger partial charge in [-0.25, -0.2) is 0 Å². The molecule has 0 aliphatic carbocycles. The van der Waals surface area contributed by atoms with Gasteiger partial charge in [0.2, 0.25) is 11.2 Å². The Morgan fingerprint density at radius 2 is 1.95 bits per heavy atom. The van der Waals surface area contributed by atoms with E-state index in [1.165, 1.54) is 0 Å². The van der Waals surface area contributed by atoms with E-state index in [4.69, 9.17) is 16.3 Å². The largest absolute Gasteiger partial charge is 0.463 e. The lowest BCUT2D eigenvalue weighted by atomic mass is 10.0. The molecule has 1 atom stereocenters. The fourth-order valence-electron chi connectivity index (χ4n) is 2.03. The van der Waals surface area contributed by atoms with Gasteiger partial charge in [0.25, 0.3) is 0 Å². The van der Waals surface area contributed by atoms with Crippen LogP contribution in [0.25, 0.3) is 0 Å². The molecule has 7 heteroatoms. The molecule has 0 aliphatic rings. The summed E-state index contributed by atoms with van der Waals surface area (Å²) >= 11 is 5.93. The maximum absolute atomic E-state index is 5.93. The van der Waals surface area contributed by atoms with E-state index in [-0.39, 0.29) is 17.3 Å². The second-order valence-electron chi connectivity index (χ2n) is 5.79. The molecule has 1 aromatic heterocycles. The average molecular weight is 316 g/mol. The lowest BCUT2D eigenvalue weighted by molar-refractivity contribution is 0.291. The Labute approximate surface area is 132 Å². The Kier molecular flexibility index (Phi) is 7.67. The number of anilines is 1. The van der Waals surface area contributed by atoms with E-state index in [0.717, 1.165) is 19.4 Å². The van der Waals surface area contributed by atoms with Crippen molar-refractivity contribution in [1.82, 2.24) is 19.9 Å². The van der Waals surface area contributed by atoms with Crippen molar-refractivity contribution < 1.29 is 4.74 Å². The molecule has 1 rings (SSSR count). The average Bonchev–Trinajstić information content (AvgIpc) is 2.33. The minimum atomic E-state index is 0.145. The van der Waals surface area contributed by atoms with Gasteiger partial charge in [-0.05, 0) is 44.5 Å². The molecular weight excluding hydrogens is 290 g/mol. The van der Waals surface area contributed by atoms with Crippen molar-refractivity contribution in [3.8, 4) is 6.01 Å². The highest BCUT2D eigenvalue weighted by atomic mass is 35.5. The second kappa shape index (κ2) is 9.00. The Balaban J connectivity index is 2.78. The first-order chi connectivity index (χ1) is 9.90. The third-order valence-corrected chi connectivity index (χ3v) is 2.87. The summed E-state index contributed by atoms with van der Waals surface area (Å²) in [5.74, 6) is 1.05. The topological polar surface area (TPSA) is 63.2 Å². The van der Waals surface area contributed by atoms with Crippen LogP contribution in [0.4, 0.5) is 5.95 Å². The minimum absolute atomic E-state index is 0.145. The van der Waals surface area contributed by atoms with Gasteiger partial charge in [-0.1, -0.05) is 20.8 Å². The van der Waals surface area contributed by atoms with Crippen LogP contribution in [0, 0.1) is 5.92 Å². The number of halogens is 1. The highest BCUT2D eigenvalue weighted by Gasteiger charge is 2.15. The molecule has 6 nitrogen and oxygen atoms in total. The van der Waals surface area contributed by atoms with Crippen LogP contribution in [0.15, 0.2) is 0 Å². The van der Waals surface area contributed by atoms with E-state index in [1.54, 1.807) is 0 Å². The van der Waals surface area contributed by atoms with Crippen LogP contribution < -0.4 is 10.1 Å². The van der Waals surface area contributed by atoms with E-state index in [9.17, 15) is 0 Å². The summed E-state index contributed by atoms with van der Waals surface area (Å²) in [7, 11) is 4.09. The van der Waals surface area contributed by atoms with Crippen LogP contribution in [0.2, 0.25) is 5.28 Å². The summed E-state index contributed by atoms with van der Waals surface area (Å²) in [6.07, 6.45) is 1.91. The zero-order chi connectivity index (χ0) is 15.8. The smallest absolute Gasteiger partial charge is 0.322 e. The highest BCUT2D eigenvalue weighted by Crippen LogP contribution is 2.15. The molecule has 1 N–H and O–H groups in total. The van der Waals surface area contributed by atoms with Crippen molar-refractivity contribution >= 4 is 17.5 Å². The Morgan fingerprint density at radius 3 is 2.52 bits per heavy atom. The molecule has 0 fully saturated rings. The predicted molar refractivity (Wildman–Crippen MR) is 86.0 cm³/mol. The molecule has 1 heterocycles. The standard InChI is InChI=1S/C14H26ClN5O/c1-6-7-21-14-18-12(15)17-13(19-14)16-11(8-10(2)3)9-20(4)5/h10-11H,6-9H2,1-5H3,(H,16,17,18,19). The molecule has 0 spiro atoms. The van der Waals surface area contributed by atoms with Crippen molar-refractivity contribution in [3.63, 3.8) is 0 Å². The molecule has 0 saturated heterocycles. The molecular formula is C14H26ClN5O. The summed E-state index contributed by atoms with van der Waals surface area (Å²) < 4.78 is 5.42. The first-order valence-corrected chi connectivity index (χ1v) is 7.74. The molecule has 0 amide bonds. The van der Waals surface area contributed by atoms with Gasteiger partial charge in [0.1, 0.15) is 0 Å². The van der Waals surface area contributed by atoms with Crippen molar-refractivity contribution in [3.05, 3.63) is 5.28 Å². The van der Waals surface area contributed by atoms with Gasteiger partial charge in [-0.15, -0.1) is 0 Å². The first kappa shape index (κ1) is 17.9. The number of nitrogens with one attached hydrogen (secondary N) is 1. The summed E-state index contributed by atoms with van der Waals surface area (Å²) in [6, 6.07) is 0.519. The third-order valence-electron chi connectivity index (χ3n) is 2.70. The summed E-state index contributed by atoms with van der Waals surface area (Å²) in [5.41, 5.74) is 0. The Hall–Kier alpha value is -1.14.